The third-order valence-corrected chi connectivity index (χ3v) is 4.11. The Balaban J connectivity index is 2.07. The largest absolute Gasteiger partial charge is 0.458 e. The molecular formula is C15H18O2. The monoisotopic (exact) mass is 230 g/mol. The van der Waals surface area contributed by atoms with E-state index < -0.39 is 5.60 Å². The van der Waals surface area contributed by atoms with E-state index in [0.29, 0.717) is 0 Å². The van der Waals surface area contributed by atoms with Gasteiger partial charge in [-0.25, -0.2) is 0 Å². The van der Waals surface area contributed by atoms with E-state index in [2.05, 4.69) is 6.92 Å². The Morgan fingerprint density at radius 3 is 2.88 bits per heavy atom. The highest BCUT2D eigenvalue weighted by Gasteiger charge is 2.40. The van der Waals surface area contributed by atoms with Crippen LogP contribution in [0.4, 0.5) is 0 Å². The minimum atomic E-state index is -0.767. The summed E-state index contributed by atoms with van der Waals surface area (Å²) in [6, 6.07) is 9.94. The number of hydrogen-bond acceptors (Lipinski definition) is 2. The molecule has 1 fully saturated rings. The fourth-order valence-electron chi connectivity index (χ4n) is 2.89. The van der Waals surface area contributed by atoms with Crippen LogP contribution in [-0.2, 0) is 5.60 Å². The lowest BCUT2D eigenvalue weighted by Gasteiger charge is -2.36. The van der Waals surface area contributed by atoms with Crippen LogP contribution in [0.25, 0.3) is 11.0 Å². The summed E-state index contributed by atoms with van der Waals surface area (Å²) >= 11 is 0. The molecule has 2 nitrogen and oxygen atoms in total. The highest BCUT2D eigenvalue weighted by atomic mass is 16.4. The molecule has 2 atom stereocenters. The Bertz CT molecular complexity index is 495. The first-order chi connectivity index (χ1) is 8.20. The molecule has 1 aromatic carbocycles. The molecule has 2 heteroatoms. The summed E-state index contributed by atoms with van der Waals surface area (Å²) in [6.07, 6.45) is 4.18. The van der Waals surface area contributed by atoms with Crippen molar-refractivity contribution in [3.63, 3.8) is 0 Å². The first-order valence-corrected chi connectivity index (χ1v) is 6.41. The van der Waals surface area contributed by atoms with Crippen molar-refractivity contribution >= 4 is 11.0 Å². The lowest BCUT2D eigenvalue weighted by Crippen LogP contribution is -2.35. The van der Waals surface area contributed by atoms with Crippen molar-refractivity contribution in [2.24, 2.45) is 5.92 Å². The van der Waals surface area contributed by atoms with Gasteiger partial charge in [0, 0.05) is 5.39 Å². The van der Waals surface area contributed by atoms with Crippen molar-refractivity contribution in [2.45, 2.75) is 38.2 Å². The average molecular weight is 230 g/mol. The minimum Gasteiger partial charge on any atom is -0.458 e. The number of furan rings is 1. The molecule has 0 bridgehead atoms. The molecule has 0 spiro atoms. The predicted molar refractivity (Wildman–Crippen MR) is 67.7 cm³/mol. The molecule has 0 saturated heterocycles. The smallest absolute Gasteiger partial charge is 0.137 e. The summed E-state index contributed by atoms with van der Waals surface area (Å²) in [5, 5.41) is 11.9. The van der Waals surface area contributed by atoms with E-state index in [-0.39, 0.29) is 5.92 Å². The summed E-state index contributed by atoms with van der Waals surface area (Å²) in [4.78, 5) is 0. The maximum Gasteiger partial charge on any atom is 0.137 e. The molecule has 1 aromatic heterocycles. The SMILES string of the molecule is CC1CCCCC1(O)c1cc2ccccc2o1. The summed E-state index contributed by atoms with van der Waals surface area (Å²) in [5.41, 5.74) is 0.103. The number of para-hydroxylation sites is 1. The standard InChI is InChI=1S/C15H18O2/c1-11-6-4-5-9-15(11,16)14-10-12-7-2-3-8-13(12)17-14/h2-3,7-8,10-11,16H,4-6,9H2,1H3. The first-order valence-electron chi connectivity index (χ1n) is 6.41. The van der Waals surface area contributed by atoms with Gasteiger partial charge in [-0.3, -0.25) is 0 Å². The summed E-state index contributed by atoms with van der Waals surface area (Å²) in [7, 11) is 0. The van der Waals surface area contributed by atoms with E-state index >= 15 is 0 Å². The maximum atomic E-state index is 10.8. The Morgan fingerprint density at radius 1 is 1.29 bits per heavy atom. The van der Waals surface area contributed by atoms with Gasteiger partial charge < -0.3 is 9.52 Å². The van der Waals surface area contributed by atoms with Gasteiger partial charge >= 0.3 is 0 Å². The van der Waals surface area contributed by atoms with Crippen molar-refractivity contribution < 1.29 is 9.52 Å². The average Bonchev–Trinajstić information content (AvgIpc) is 2.77. The van der Waals surface area contributed by atoms with Crippen LogP contribution in [0.3, 0.4) is 0 Å². The predicted octanol–water partition coefficient (Wildman–Crippen LogP) is 3.83. The lowest BCUT2D eigenvalue weighted by molar-refractivity contribution is -0.0626. The molecule has 17 heavy (non-hydrogen) atoms. The summed E-state index contributed by atoms with van der Waals surface area (Å²) < 4.78 is 5.83. The topological polar surface area (TPSA) is 33.4 Å². The van der Waals surface area contributed by atoms with E-state index in [4.69, 9.17) is 4.42 Å². The third-order valence-electron chi connectivity index (χ3n) is 4.11. The number of aliphatic hydroxyl groups is 1. The second-order valence-electron chi connectivity index (χ2n) is 5.22. The normalized spacial score (nSPS) is 29.6. The molecule has 0 radical (unpaired) electrons. The molecule has 2 unspecified atom stereocenters. The second kappa shape index (κ2) is 3.88. The van der Waals surface area contributed by atoms with Gasteiger partial charge in [0.25, 0.3) is 0 Å². The summed E-state index contributed by atoms with van der Waals surface area (Å²) in [6.45, 7) is 2.12. The first kappa shape index (κ1) is 10.8. The molecule has 1 aliphatic carbocycles. The van der Waals surface area contributed by atoms with E-state index in [1.807, 2.05) is 30.3 Å². The number of benzene rings is 1. The maximum absolute atomic E-state index is 10.8. The molecule has 2 aromatic rings. The van der Waals surface area contributed by atoms with Gasteiger partial charge in [-0.05, 0) is 30.9 Å². The number of fused-ring (bicyclic) bond motifs is 1. The quantitative estimate of drug-likeness (QED) is 0.807. The Hall–Kier alpha value is -1.28. The van der Waals surface area contributed by atoms with E-state index in [1.165, 1.54) is 6.42 Å². The van der Waals surface area contributed by atoms with E-state index in [1.54, 1.807) is 0 Å². The molecule has 1 N–H and O–H groups in total. The van der Waals surface area contributed by atoms with Crippen molar-refractivity contribution in [3.8, 4) is 0 Å². The van der Waals surface area contributed by atoms with Gasteiger partial charge in [0.15, 0.2) is 0 Å². The Labute approximate surface area is 101 Å². The van der Waals surface area contributed by atoms with Crippen molar-refractivity contribution in [2.75, 3.05) is 0 Å². The fraction of sp³-hybridized carbons (Fsp3) is 0.467. The van der Waals surface area contributed by atoms with E-state index in [9.17, 15) is 5.11 Å². The molecule has 1 heterocycles. The Kier molecular flexibility index (Phi) is 2.48. The molecular weight excluding hydrogens is 212 g/mol. The zero-order chi connectivity index (χ0) is 11.9. The lowest BCUT2D eigenvalue weighted by atomic mass is 9.75. The van der Waals surface area contributed by atoms with Gasteiger partial charge in [0.2, 0.25) is 0 Å². The van der Waals surface area contributed by atoms with Crippen LogP contribution in [0.5, 0.6) is 0 Å². The van der Waals surface area contributed by atoms with Crippen LogP contribution in [0.15, 0.2) is 34.7 Å². The molecule has 1 saturated carbocycles. The zero-order valence-corrected chi connectivity index (χ0v) is 10.1. The number of rotatable bonds is 1. The van der Waals surface area contributed by atoms with Gasteiger partial charge in [-0.1, -0.05) is 38.0 Å². The van der Waals surface area contributed by atoms with Gasteiger partial charge in [0.1, 0.15) is 16.9 Å². The fourth-order valence-corrected chi connectivity index (χ4v) is 2.89. The minimum absolute atomic E-state index is 0.275. The van der Waals surface area contributed by atoms with Crippen molar-refractivity contribution in [1.29, 1.82) is 0 Å². The van der Waals surface area contributed by atoms with Crippen LogP contribution in [-0.4, -0.2) is 5.11 Å². The zero-order valence-electron chi connectivity index (χ0n) is 10.1. The van der Waals surface area contributed by atoms with Crippen LogP contribution in [0, 0.1) is 5.92 Å². The molecule has 1 aliphatic rings. The summed E-state index contributed by atoms with van der Waals surface area (Å²) in [5.74, 6) is 1.02. The van der Waals surface area contributed by atoms with Gasteiger partial charge in [0.05, 0.1) is 0 Å². The van der Waals surface area contributed by atoms with Gasteiger partial charge in [-0.2, -0.15) is 0 Å². The van der Waals surface area contributed by atoms with Gasteiger partial charge in [-0.15, -0.1) is 0 Å². The highest BCUT2D eigenvalue weighted by molar-refractivity contribution is 5.77. The van der Waals surface area contributed by atoms with Crippen molar-refractivity contribution in [3.05, 3.63) is 36.1 Å². The number of hydrogen-bond donors (Lipinski definition) is 1. The molecule has 3 rings (SSSR count). The van der Waals surface area contributed by atoms with Crippen LogP contribution in [0.1, 0.15) is 38.4 Å². The molecule has 0 amide bonds. The highest BCUT2D eigenvalue weighted by Crippen LogP contribution is 2.43. The Morgan fingerprint density at radius 2 is 2.12 bits per heavy atom. The van der Waals surface area contributed by atoms with E-state index in [0.717, 1.165) is 36.0 Å². The third kappa shape index (κ3) is 1.67. The second-order valence-corrected chi connectivity index (χ2v) is 5.22. The molecule has 90 valence electrons. The molecule has 0 aliphatic heterocycles. The van der Waals surface area contributed by atoms with Crippen LogP contribution in [0.2, 0.25) is 0 Å². The van der Waals surface area contributed by atoms with Crippen molar-refractivity contribution in [1.82, 2.24) is 0 Å². The van der Waals surface area contributed by atoms with Crippen LogP contribution >= 0.6 is 0 Å². The van der Waals surface area contributed by atoms with Crippen LogP contribution < -0.4 is 0 Å².